The van der Waals surface area contributed by atoms with E-state index in [2.05, 4.69) is 0 Å². The van der Waals surface area contributed by atoms with Crippen molar-refractivity contribution < 1.29 is 29.0 Å². The van der Waals surface area contributed by atoms with Gasteiger partial charge in [0.2, 0.25) is 5.91 Å². The first-order chi connectivity index (χ1) is 13.3. The molecule has 28 heavy (non-hydrogen) atoms. The van der Waals surface area contributed by atoms with Crippen LogP contribution in [0.25, 0.3) is 0 Å². The Morgan fingerprint density at radius 1 is 1.32 bits per heavy atom. The second kappa shape index (κ2) is 8.18. The first-order valence-corrected chi connectivity index (χ1v) is 9.44. The molecule has 0 aromatic heterocycles. The van der Waals surface area contributed by atoms with E-state index in [9.17, 15) is 19.5 Å². The summed E-state index contributed by atoms with van der Waals surface area (Å²) >= 11 is 0. The summed E-state index contributed by atoms with van der Waals surface area (Å²) in [5.41, 5.74) is -0.136. The zero-order valence-electron chi connectivity index (χ0n) is 16.2. The predicted octanol–water partition coefficient (Wildman–Crippen LogP) is 2.58. The molecule has 1 aromatic rings. The number of cyclic esters (lactones) is 1. The molecule has 0 bridgehead atoms. The zero-order valence-corrected chi connectivity index (χ0v) is 16.2. The molecule has 0 unspecified atom stereocenters. The molecule has 152 valence electrons. The number of likely N-dealkylation sites (tertiary alicyclic amines) is 1. The Morgan fingerprint density at radius 3 is 2.64 bits per heavy atom. The van der Waals surface area contributed by atoms with Crippen LogP contribution in [0.5, 0.6) is 0 Å². The second-order valence-corrected chi connectivity index (χ2v) is 7.78. The number of ether oxygens (including phenoxy) is 2. The van der Waals surface area contributed by atoms with Crippen LogP contribution in [0.2, 0.25) is 0 Å². The first-order valence-electron chi connectivity index (χ1n) is 9.44. The van der Waals surface area contributed by atoms with E-state index in [1.165, 1.54) is 9.80 Å². The molecule has 0 saturated carbocycles. The summed E-state index contributed by atoms with van der Waals surface area (Å²) in [6, 6.07) is 9.17. The lowest BCUT2D eigenvalue weighted by Gasteiger charge is -2.33. The van der Waals surface area contributed by atoms with Gasteiger partial charge in [0.15, 0.2) is 0 Å². The third-order valence-electron chi connectivity index (χ3n) is 5.46. The SMILES string of the molecule is CC(C)[C@H]1COC(=O)N1C(=O)[C@@]1(COCc2ccccc2)CCN(C(=O)O)C1. The Kier molecular flexibility index (Phi) is 5.88. The van der Waals surface area contributed by atoms with E-state index in [1.54, 1.807) is 0 Å². The zero-order chi connectivity index (χ0) is 20.3. The normalized spacial score (nSPS) is 24.7. The molecule has 2 aliphatic heterocycles. The van der Waals surface area contributed by atoms with E-state index < -0.39 is 23.5 Å². The Hall–Kier alpha value is -2.61. The van der Waals surface area contributed by atoms with Gasteiger partial charge in [-0.05, 0) is 17.9 Å². The number of rotatable bonds is 6. The van der Waals surface area contributed by atoms with Gasteiger partial charge < -0.3 is 19.5 Å². The van der Waals surface area contributed by atoms with Crippen molar-refractivity contribution in [3.63, 3.8) is 0 Å². The van der Waals surface area contributed by atoms with E-state index in [1.807, 2.05) is 44.2 Å². The number of carbonyl (C=O) groups excluding carboxylic acids is 2. The number of carbonyl (C=O) groups is 3. The Balaban J connectivity index is 1.79. The van der Waals surface area contributed by atoms with Crippen molar-refractivity contribution >= 4 is 18.1 Å². The van der Waals surface area contributed by atoms with Crippen LogP contribution in [0, 0.1) is 11.3 Å². The van der Waals surface area contributed by atoms with Gasteiger partial charge in [0.1, 0.15) is 6.61 Å². The average molecular weight is 390 g/mol. The molecule has 2 heterocycles. The summed E-state index contributed by atoms with van der Waals surface area (Å²) in [6.07, 6.45) is -1.44. The molecular weight excluding hydrogens is 364 g/mol. The molecule has 1 aromatic carbocycles. The van der Waals surface area contributed by atoms with Crippen molar-refractivity contribution in [3.8, 4) is 0 Å². The van der Waals surface area contributed by atoms with Crippen molar-refractivity contribution in [3.05, 3.63) is 35.9 Å². The van der Waals surface area contributed by atoms with Crippen LogP contribution >= 0.6 is 0 Å². The Bertz CT molecular complexity index is 737. The predicted molar refractivity (Wildman–Crippen MR) is 99.6 cm³/mol. The van der Waals surface area contributed by atoms with Gasteiger partial charge in [-0.3, -0.25) is 4.79 Å². The molecule has 0 radical (unpaired) electrons. The minimum Gasteiger partial charge on any atom is -0.465 e. The minimum atomic E-state index is -1.09. The molecule has 2 atom stereocenters. The molecule has 0 spiro atoms. The van der Waals surface area contributed by atoms with E-state index in [0.717, 1.165) is 5.56 Å². The standard InChI is InChI=1S/C20H26N2O6/c1-14(2)16-11-28-19(26)22(16)17(23)20(8-9-21(12-20)18(24)25)13-27-10-15-6-4-3-5-7-15/h3-7,14,16H,8-13H2,1-2H3,(H,24,25)/t16-,20+/m1/s1. The minimum absolute atomic E-state index is 0.00452. The number of hydrogen-bond donors (Lipinski definition) is 1. The van der Waals surface area contributed by atoms with Crippen LogP contribution < -0.4 is 0 Å². The van der Waals surface area contributed by atoms with Crippen LogP contribution in [0.15, 0.2) is 30.3 Å². The molecule has 8 nitrogen and oxygen atoms in total. The van der Waals surface area contributed by atoms with Gasteiger partial charge in [0.05, 0.1) is 24.7 Å². The number of nitrogens with zero attached hydrogens (tertiary/aromatic N) is 2. The quantitative estimate of drug-likeness (QED) is 0.802. The lowest BCUT2D eigenvalue weighted by Crippen LogP contribution is -2.52. The highest BCUT2D eigenvalue weighted by atomic mass is 16.6. The highest BCUT2D eigenvalue weighted by Gasteiger charge is 2.53. The van der Waals surface area contributed by atoms with E-state index >= 15 is 0 Å². The fourth-order valence-electron chi connectivity index (χ4n) is 3.74. The number of hydrogen-bond acceptors (Lipinski definition) is 5. The fourth-order valence-corrected chi connectivity index (χ4v) is 3.74. The fraction of sp³-hybridized carbons (Fsp3) is 0.550. The van der Waals surface area contributed by atoms with Gasteiger partial charge in [-0.25, -0.2) is 14.5 Å². The lowest BCUT2D eigenvalue weighted by molar-refractivity contribution is -0.144. The highest BCUT2D eigenvalue weighted by Crippen LogP contribution is 2.36. The maximum absolute atomic E-state index is 13.4. The molecule has 1 N–H and O–H groups in total. The number of benzene rings is 1. The van der Waals surface area contributed by atoms with Gasteiger partial charge in [-0.15, -0.1) is 0 Å². The van der Waals surface area contributed by atoms with Crippen molar-refractivity contribution in [1.82, 2.24) is 9.80 Å². The molecule has 0 aliphatic carbocycles. The lowest BCUT2D eigenvalue weighted by atomic mass is 9.85. The Morgan fingerprint density at radius 2 is 2.04 bits per heavy atom. The number of imide groups is 1. The summed E-state index contributed by atoms with van der Waals surface area (Å²) in [7, 11) is 0. The maximum Gasteiger partial charge on any atom is 0.417 e. The first kappa shape index (κ1) is 20.1. The van der Waals surface area contributed by atoms with Gasteiger partial charge in [-0.2, -0.15) is 0 Å². The highest BCUT2D eigenvalue weighted by molar-refractivity contribution is 5.97. The molecule has 2 aliphatic rings. The maximum atomic E-state index is 13.4. The van der Waals surface area contributed by atoms with Crippen molar-refractivity contribution in [1.29, 1.82) is 0 Å². The van der Waals surface area contributed by atoms with Crippen molar-refractivity contribution in [2.45, 2.75) is 32.9 Å². The third-order valence-corrected chi connectivity index (χ3v) is 5.46. The number of carboxylic acid groups (broad SMARTS) is 1. The molecule has 2 fully saturated rings. The van der Waals surface area contributed by atoms with Crippen LogP contribution in [-0.4, -0.2) is 65.3 Å². The van der Waals surface area contributed by atoms with Crippen LogP contribution in [-0.2, 0) is 20.9 Å². The van der Waals surface area contributed by atoms with Crippen molar-refractivity contribution in [2.24, 2.45) is 11.3 Å². The van der Waals surface area contributed by atoms with Crippen LogP contribution in [0.4, 0.5) is 9.59 Å². The summed E-state index contributed by atoms with van der Waals surface area (Å²) in [5.74, 6) is -0.375. The monoisotopic (exact) mass is 390 g/mol. The van der Waals surface area contributed by atoms with E-state index in [4.69, 9.17) is 9.47 Å². The number of amides is 3. The average Bonchev–Trinajstić information content (AvgIpc) is 3.27. The van der Waals surface area contributed by atoms with Crippen LogP contribution in [0.3, 0.4) is 0 Å². The molecular formula is C20H26N2O6. The van der Waals surface area contributed by atoms with Crippen LogP contribution in [0.1, 0.15) is 25.8 Å². The Labute approximate surface area is 164 Å². The molecule has 8 heteroatoms. The topological polar surface area (TPSA) is 96.4 Å². The van der Waals surface area contributed by atoms with Gasteiger partial charge >= 0.3 is 12.2 Å². The van der Waals surface area contributed by atoms with Crippen molar-refractivity contribution in [2.75, 3.05) is 26.3 Å². The summed E-state index contributed by atoms with van der Waals surface area (Å²) < 4.78 is 10.9. The molecule has 3 rings (SSSR count). The summed E-state index contributed by atoms with van der Waals surface area (Å²) in [6.45, 7) is 4.58. The summed E-state index contributed by atoms with van der Waals surface area (Å²) in [5, 5.41) is 9.36. The van der Waals surface area contributed by atoms with E-state index in [-0.39, 0.29) is 38.3 Å². The van der Waals surface area contributed by atoms with Gasteiger partial charge in [-0.1, -0.05) is 44.2 Å². The summed E-state index contributed by atoms with van der Waals surface area (Å²) in [4.78, 5) is 39.5. The second-order valence-electron chi connectivity index (χ2n) is 7.78. The molecule has 3 amide bonds. The van der Waals surface area contributed by atoms with Gasteiger partial charge in [0, 0.05) is 13.1 Å². The van der Waals surface area contributed by atoms with Gasteiger partial charge in [0.25, 0.3) is 0 Å². The van der Waals surface area contributed by atoms with E-state index in [0.29, 0.717) is 13.0 Å². The smallest absolute Gasteiger partial charge is 0.417 e. The largest absolute Gasteiger partial charge is 0.465 e. The third kappa shape index (κ3) is 3.96. The molecule has 2 saturated heterocycles.